The molecule has 0 aliphatic carbocycles. The summed E-state index contributed by atoms with van der Waals surface area (Å²) in [5, 5.41) is 4.04. The summed E-state index contributed by atoms with van der Waals surface area (Å²) in [5.74, 6) is 1.88. The molecule has 0 radical (unpaired) electrons. The Morgan fingerprint density at radius 3 is 2.50 bits per heavy atom. The van der Waals surface area contributed by atoms with Gasteiger partial charge in [0.15, 0.2) is 11.5 Å². The summed E-state index contributed by atoms with van der Waals surface area (Å²) >= 11 is 3.48. The minimum atomic E-state index is -0.171. The number of benzene rings is 3. The maximum atomic E-state index is 12.0. The predicted octanol–water partition coefficient (Wildman–Crippen LogP) is 5.70. The summed E-state index contributed by atoms with van der Waals surface area (Å²) in [4.78, 5) is 12.0. The van der Waals surface area contributed by atoms with Gasteiger partial charge in [-0.25, -0.2) is 5.43 Å². The van der Waals surface area contributed by atoms with Gasteiger partial charge in [0, 0.05) is 12.8 Å². The number of hydrazone groups is 1. The first kappa shape index (κ1) is 25.3. The molecule has 1 N–H and O–H groups in total. The Kier molecular flexibility index (Phi) is 9.98. The highest BCUT2D eigenvalue weighted by atomic mass is 79.9. The van der Waals surface area contributed by atoms with E-state index in [0.29, 0.717) is 37.6 Å². The lowest BCUT2D eigenvalue weighted by Crippen LogP contribution is -2.18. The van der Waals surface area contributed by atoms with Crippen LogP contribution < -0.4 is 19.6 Å². The van der Waals surface area contributed by atoms with Crippen LogP contribution in [0.5, 0.6) is 17.2 Å². The molecule has 0 bridgehead atoms. The predicted molar refractivity (Wildman–Crippen MR) is 138 cm³/mol. The van der Waals surface area contributed by atoms with Crippen LogP contribution in [0.15, 0.2) is 76.3 Å². The fourth-order valence-electron chi connectivity index (χ4n) is 3.18. The Labute approximate surface area is 209 Å². The van der Waals surface area contributed by atoms with E-state index in [-0.39, 0.29) is 5.91 Å². The number of carbonyl (C=O) groups excluding carboxylic acids is 1. The number of carbonyl (C=O) groups is 1. The number of hydrogen-bond donors (Lipinski definition) is 1. The summed E-state index contributed by atoms with van der Waals surface area (Å²) in [6.45, 7) is 3.01. The third-order valence-corrected chi connectivity index (χ3v) is 5.59. The monoisotopic (exact) mass is 524 g/mol. The molecule has 3 aromatic rings. The molecule has 34 heavy (non-hydrogen) atoms. The number of ether oxygens (including phenoxy) is 3. The summed E-state index contributed by atoms with van der Waals surface area (Å²) in [5.41, 5.74) is 5.71. The zero-order chi connectivity index (χ0) is 24.2. The van der Waals surface area contributed by atoms with E-state index < -0.39 is 0 Å². The van der Waals surface area contributed by atoms with E-state index in [2.05, 4.69) is 38.6 Å². The number of nitrogens with one attached hydrogen (secondary N) is 1. The second-order valence-electron chi connectivity index (χ2n) is 7.67. The number of nitrogens with zero attached hydrogens (tertiary/aromatic N) is 1. The molecule has 3 rings (SSSR count). The van der Waals surface area contributed by atoms with Crippen LogP contribution in [0.3, 0.4) is 0 Å². The normalized spacial score (nSPS) is 10.8. The number of methoxy groups -OCH3 is 1. The zero-order valence-corrected chi connectivity index (χ0v) is 21.0. The van der Waals surface area contributed by atoms with Crippen LogP contribution in [0.2, 0.25) is 0 Å². The molecule has 0 heterocycles. The number of aryl methyl sites for hydroxylation is 1. The molecule has 0 fully saturated rings. The molecule has 0 saturated heterocycles. The standard InChI is InChI=1S/C27H29BrN2O4/c1-20-10-12-24(23(28)17-20)33-15-6-9-27(31)30-29-19-22-11-13-25(26(18-22)32-2)34-16-14-21-7-4-3-5-8-21/h3-5,7-8,10-13,17-19H,6,9,14-16H2,1-2H3,(H,30,31)/b29-19+. The van der Waals surface area contributed by atoms with Crippen molar-refractivity contribution < 1.29 is 19.0 Å². The smallest absolute Gasteiger partial charge is 0.240 e. The number of rotatable bonds is 12. The second-order valence-corrected chi connectivity index (χ2v) is 8.53. The second kappa shape index (κ2) is 13.4. The van der Waals surface area contributed by atoms with E-state index in [9.17, 15) is 4.79 Å². The molecule has 7 heteroatoms. The van der Waals surface area contributed by atoms with Crippen molar-refractivity contribution in [2.75, 3.05) is 20.3 Å². The van der Waals surface area contributed by atoms with Gasteiger partial charge in [0.25, 0.3) is 0 Å². The first-order valence-electron chi connectivity index (χ1n) is 11.1. The lowest BCUT2D eigenvalue weighted by atomic mass is 10.2. The molecular formula is C27H29BrN2O4. The molecule has 3 aromatic carbocycles. The number of hydrogen-bond acceptors (Lipinski definition) is 5. The zero-order valence-electron chi connectivity index (χ0n) is 19.4. The fourth-order valence-corrected chi connectivity index (χ4v) is 3.79. The Hall–Kier alpha value is -3.32. The summed E-state index contributed by atoms with van der Waals surface area (Å²) in [7, 11) is 1.60. The van der Waals surface area contributed by atoms with E-state index in [1.54, 1.807) is 13.3 Å². The average molecular weight is 525 g/mol. The van der Waals surface area contributed by atoms with Gasteiger partial charge in [0.2, 0.25) is 5.91 Å². The molecule has 0 aliphatic rings. The quantitative estimate of drug-likeness (QED) is 0.187. The van der Waals surface area contributed by atoms with Crippen molar-refractivity contribution in [3.63, 3.8) is 0 Å². The molecule has 1 amide bonds. The maximum Gasteiger partial charge on any atom is 0.240 e. The van der Waals surface area contributed by atoms with Gasteiger partial charge in [0.1, 0.15) is 5.75 Å². The third kappa shape index (κ3) is 8.23. The van der Waals surface area contributed by atoms with Crippen LogP contribution >= 0.6 is 15.9 Å². The Morgan fingerprint density at radius 2 is 1.74 bits per heavy atom. The van der Waals surface area contributed by atoms with Crippen LogP contribution in [0, 0.1) is 6.92 Å². The average Bonchev–Trinajstić information content (AvgIpc) is 2.84. The Morgan fingerprint density at radius 1 is 0.971 bits per heavy atom. The SMILES string of the molecule is COc1cc(/C=N/NC(=O)CCCOc2ccc(C)cc2Br)ccc1OCCc1ccccc1. The molecule has 178 valence electrons. The van der Waals surface area contributed by atoms with Crippen LogP contribution in [-0.2, 0) is 11.2 Å². The van der Waals surface area contributed by atoms with Gasteiger partial charge in [-0.15, -0.1) is 0 Å². The van der Waals surface area contributed by atoms with E-state index in [1.807, 2.05) is 61.5 Å². The van der Waals surface area contributed by atoms with Crippen molar-refractivity contribution in [3.8, 4) is 17.2 Å². The highest BCUT2D eigenvalue weighted by molar-refractivity contribution is 9.10. The maximum absolute atomic E-state index is 12.0. The van der Waals surface area contributed by atoms with Crippen LogP contribution in [0.1, 0.15) is 29.5 Å². The minimum absolute atomic E-state index is 0.171. The number of halogens is 1. The first-order chi connectivity index (χ1) is 16.5. The van der Waals surface area contributed by atoms with Gasteiger partial charge in [-0.1, -0.05) is 36.4 Å². The molecule has 0 unspecified atom stereocenters. The topological polar surface area (TPSA) is 69.2 Å². The lowest BCUT2D eigenvalue weighted by Gasteiger charge is -2.11. The third-order valence-electron chi connectivity index (χ3n) is 4.97. The van der Waals surface area contributed by atoms with Crippen molar-refractivity contribution >= 4 is 28.1 Å². The molecule has 0 aromatic heterocycles. The van der Waals surface area contributed by atoms with Gasteiger partial charge in [-0.3, -0.25) is 4.79 Å². The van der Waals surface area contributed by atoms with Gasteiger partial charge in [-0.05, 0) is 76.3 Å². The lowest BCUT2D eigenvalue weighted by molar-refractivity contribution is -0.121. The van der Waals surface area contributed by atoms with Gasteiger partial charge in [0.05, 0.1) is 31.0 Å². The Balaban J connectivity index is 1.40. The van der Waals surface area contributed by atoms with Gasteiger partial charge >= 0.3 is 0 Å². The largest absolute Gasteiger partial charge is 0.493 e. The molecule has 0 saturated carbocycles. The van der Waals surface area contributed by atoms with E-state index >= 15 is 0 Å². The van der Waals surface area contributed by atoms with E-state index in [1.165, 1.54) is 5.56 Å². The first-order valence-corrected chi connectivity index (χ1v) is 11.9. The molecular weight excluding hydrogens is 496 g/mol. The van der Waals surface area contributed by atoms with E-state index in [0.717, 1.165) is 27.8 Å². The molecule has 0 spiro atoms. The van der Waals surface area contributed by atoms with Gasteiger partial charge < -0.3 is 14.2 Å². The minimum Gasteiger partial charge on any atom is -0.493 e. The van der Waals surface area contributed by atoms with Crippen molar-refractivity contribution in [2.24, 2.45) is 5.10 Å². The highest BCUT2D eigenvalue weighted by Crippen LogP contribution is 2.28. The van der Waals surface area contributed by atoms with Crippen molar-refractivity contribution in [1.82, 2.24) is 5.43 Å². The van der Waals surface area contributed by atoms with Crippen molar-refractivity contribution in [3.05, 3.63) is 87.9 Å². The van der Waals surface area contributed by atoms with Crippen molar-refractivity contribution in [2.45, 2.75) is 26.2 Å². The van der Waals surface area contributed by atoms with Crippen LogP contribution in [0.4, 0.5) is 0 Å². The van der Waals surface area contributed by atoms with E-state index in [4.69, 9.17) is 14.2 Å². The molecule has 6 nitrogen and oxygen atoms in total. The fraction of sp³-hybridized carbons (Fsp3) is 0.259. The molecule has 0 aliphatic heterocycles. The number of amides is 1. The van der Waals surface area contributed by atoms with Crippen LogP contribution in [-0.4, -0.2) is 32.4 Å². The van der Waals surface area contributed by atoms with Crippen LogP contribution in [0.25, 0.3) is 0 Å². The van der Waals surface area contributed by atoms with Gasteiger partial charge in [-0.2, -0.15) is 5.10 Å². The summed E-state index contributed by atoms with van der Waals surface area (Å²) in [6, 6.07) is 21.6. The summed E-state index contributed by atoms with van der Waals surface area (Å²) in [6.07, 6.45) is 3.30. The summed E-state index contributed by atoms with van der Waals surface area (Å²) < 4.78 is 17.9. The van der Waals surface area contributed by atoms with Crippen molar-refractivity contribution in [1.29, 1.82) is 0 Å². The Bertz CT molecular complexity index is 1100. The highest BCUT2D eigenvalue weighted by Gasteiger charge is 2.06. The molecule has 0 atom stereocenters.